The van der Waals surface area contributed by atoms with Crippen molar-refractivity contribution in [3.63, 3.8) is 0 Å². The van der Waals surface area contributed by atoms with E-state index in [0.29, 0.717) is 5.92 Å². The first-order chi connectivity index (χ1) is 15.5. The molecular formula is C27H21F2NO2. The summed E-state index contributed by atoms with van der Waals surface area (Å²) in [4.78, 5) is 10.9. The molecule has 0 atom stereocenters. The Balaban J connectivity index is 1.70. The van der Waals surface area contributed by atoms with Crippen molar-refractivity contribution < 1.29 is 18.7 Å². The molecule has 0 saturated heterocycles. The summed E-state index contributed by atoms with van der Waals surface area (Å²) < 4.78 is 29.5. The number of aliphatic carboxylic acids is 1. The fourth-order valence-corrected chi connectivity index (χ4v) is 4.31. The number of carbonyl (C=O) groups is 1. The highest BCUT2D eigenvalue weighted by molar-refractivity contribution is 5.90. The smallest absolute Gasteiger partial charge is 0.328 e. The standard InChI is InChI=1S/C27H21F2NO2/c28-21-9-5-19(6-10-21)27(20-7-11-22(29)12-8-20)30-16-24(18-3-4-18)23-15-17(1-13-25(23)30)2-14-26(31)32/h1-2,5-16,18,27H,3-4H2,(H,31,32). The van der Waals surface area contributed by atoms with Crippen molar-refractivity contribution in [2.75, 3.05) is 0 Å². The Bertz CT molecular complexity index is 1270. The van der Waals surface area contributed by atoms with E-state index in [1.165, 1.54) is 29.8 Å². The van der Waals surface area contributed by atoms with Crippen LogP contribution in [0, 0.1) is 11.6 Å². The summed E-state index contributed by atoms with van der Waals surface area (Å²) in [6.07, 6.45) is 7.10. The third kappa shape index (κ3) is 3.94. The van der Waals surface area contributed by atoms with Gasteiger partial charge in [0, 0.05) is 23.2 Å². The predicted molar refractivity (Wildman–Crippen MR) is 121 cm³/mol. The summed E-state index contributed by atoms with van der Waals surface area (Å²) in [6.45, 7) is 0. The lowest BCUT2D eigenvalue weighted by Crippen LogP contribution is -2.11. The van der Waals surface area contributed by atoms with Crippen LogP contribution in [0.5, 0.6) is 0 Å². The molecule has 1 heterocycles. The Kier molecular flexibility index (Phi) is 5.10. The Morgan fingerprint density at radius 2 is 1.53 bits per heavy atom. The number of aromatic nitrogens is 1. The van der Waals surface area contributed by atoms with E-state index < -0.39 is 5.97 Å². The summed E-state index contributed by atoms with van der Waals surface area (Å²) >= 11 is 0. The van der Waals surface area contributed by atoms with Crippen LogP contribution in [0.4, 0.5) is 8.78 Å². The molecule has 160 valence electrons. The highest BCUT2D eigenvalue weighted by Gasteiger charge is 2.29. The molecule has 1 aliphatic rings. The molecule has 0 amide bonds. The molecular weight excluding hydrogens is 408 g/mol. The van der Waals surface area contributed by atoms with Gasteiger partial charge in [0.15, 0.2) is 0 Å². The van der Waals surface area contributed by atoms with Crippen LogP contribution in [0.15, 0.2) is 79.0 Å². The summed E-state index contributed by atoms with van der Waals surface area (Å²) in [5.41, 5.74) is 4.83. The number of halogens is 2. The molecule has 3 aromatic carbocycles. The highest BCUT2D eigenvalue weighted by Crippen LogP contribution is 2.45. The van der Waals surface area contributed by atoms with Crippen molar-refractivity contribution in [2.45, 2.75) is 24.8 Å². The topological polar surface area (TPSA) is 42.2 Å². The lowest BCUT2D eigenvalue weighted by molar-refractivity contribution is -0.131. The molecule has 1 saturated carbocycles. The summed E-state index contributed by atoms with van der Waals surface area (Å²) in [5.74, 6) is -1.13. The SMILES string of the molecule is O=C(O)C=Cc1ccc2c(c1)c(C1CC1)cn2C(c1ccc(F)cc1)c1ccc(F)cc1. The van der Waals surface area contributed by atoms with E-state index in [1.54, 1.807) is 30.3 Å². The summed E-state index contributed by atoms with van der Waals surface area (Å²) in [7, 11) is 0. The largest absolute Gasteiger partial charge is 0.478 e. The quantitative estimate of drug-likeness (QED) is 0.354. The third-order valence-corrected chi connectivity index (χ3v) is 5.97. The second-order valence-corrected chi connectivity index (χ2v) is 8.22. The maximum absolute atomic E-state index is 13.6. The Labute approximate surface area is 184 Å². The van der Waals surface area contributed by atoms with Crippen LogP contribution in [-0.4, -0.2) is 15.6 Å². The molecule has 5 heteroatoms. The molecule has 4 aromatic rings. The lowest BCUT2D eigenvalue weighted by Gasteiger charge is -2.22. The first kappa shape index (κ1) is 20.2. The van der Waals surface area contributed by atoms with E-state index in [9.17, 15) is 13.6 Å². The minimum atomic E-state index is -0.988. The molecule has 1 fully saturated rings. The molecule has 3 nitrogen and oxygen atoms in total. The summed E-state index contributed by atoms with van der Waals surface area (Å²) in [5, 5.41) is 10.0. The molecule has 0 bridgehead atoms. The molecule has 1 aliphatic carbocycles. The third-order valence-electron chi connectivity index (χ3n) is 5.97. The van der Waals surface area contributed by atoms with Crippen molar-refractivity contribution in [3.05, 3.63) is 113 Å². The first-order valence-electron chi connectivity index (χ1n) is 10.6. The Morgan fingerprint density at radius 3 is 2.06 bits per heavy atom. The Morgan fingerprint density at radius 1 is 0.938 bits per heavy atom. The fraction of sp³-hybridized carbons (Fsp3) is 0.148. The van der Waals surface area contributed by atoms with Gasteiger partial charge in [-0.25, -0.2) is 13.6 Å². The molecule has 5 rings (SSSR count). The van der Waals surface area contributed by atoms with Gasteiger partial charge in [0.2, 0.25) is 0 Å². The van der Waals surface area contributed by atoms with Crippen molar-refractivity contribution >= 4 is 22.9 Å². The van der Waals surface area contributed by atoms with Gasteiger partial charge in [0.05, 0.1) is 6.04 Å². The van der Waals surface area contributed by atoms with E-state index in [1.807, 2.05) is 18.2 Å². The number of nitrogens with zero attached hydrogens (tertiary/aromatic N) is 1. The van der Waals surface area contributed by atoms with Crippen LogP contribution in [0.3, 0.4) is 0 Å². The van der Waals surface area contributed by atoms with E-state index in [4.69, 9.17) is 5.11 Å². The minimum Gasteiger partial charge on any atom is -0.478 e. The number of carboxylic acids is 1. The zero-order valence-electron chi connectivity index (χ0n) is 17.2. The fourth-order valence-electron chi connectivity index (χ4n) is 4.31. The van der Waals surface area contributed by atoms with Gasteiger partial charge in [-0.05, 0) is 83.5 Å². The van der Waals surface area contributed by atoms with E-state index in [-0.39, 0.29) is 17.7 Å². The number of hydrogen-bond acceptors (Lipinski definition) is 1. The zero-order chi connectivity index (χ0) is 22.2. The number of rotatable bonds is 6. The predicted octanol–water partition coefficient (Wildman–Crippen LogP) is 6.53. The number of fused-ring (bicyclic) bond motifs is 1. The van der Waals surface area contributed by atoms with E-state index >= 15 is 0 Å². The summed E-state index contributed by atoms with van der Waals surface area (Å²) in [6, 6.07) is 18.4. The molecule has 1 N–H and O–H groups in total. The average Bonchev–Trinajstić information content (AvgIpc) is 3.57. The van der Waals surface area contributed by atoms with Crippen molar-refractivity contribution in [1.29, 1.82) is 0 Å². The lowest BCUT2D eigenvalue weighted by atomic mass is 9.98. The maximum Gasteiger partial charge on any atom is 0.328 e. The second-order valence-electron chi connectivity index (χ2n) is 8.22. The van der Waals surface area contributed by atoms with Crippen LogP contribution in [0.25, 0.3) is 17.0 Å². The van der Waals surface area contributed by atoms with E-state index in [0.717, 1.165) is 46.5 Å². The number of carboxylic acid groups (broad SMARTS) is 1. The number of hydrogen-bond donors (Lipinski definition) is 1. The van der Waals surface area contributed by atoms with Gasteiger partial charge >= 0.3 is 5.97 Å². The van der Waals surface area contributed by atoms with Crippen LogP contribution < -0.4 is 0 Å². The van der Waals surface area contributed by atoms with Crippen LogP contribution >= 0.6 is 0 Å². The van der Waals surface area contributed by atoms with Gasteiger partial charge in [-0.15, -0.1) is 0 Å². The van der Waals surface area contributed by atoms with Gasteiger partial charge in [-0.3, -0.25) is 0 Å². The molecule has 0 aliphatic heterocycles. The van der Waals surface area contributed by atoms with Crippen LogP contribution in [0.2, 0.25) is 0 Å². The van der Waals surface area contributed by atoms with Gasteiger partial charge in [0.1, 0.15) is 11.6 Å². The molecule has 0 radical (unpaired) electrons. The van der Waals surface area contributed by atoms with Gasteiger partial charge < -0.3 is 9.67 Å². The maximum atomic E-state index is 13.6. The first-order valence-corrected chi connectivity index (χ1v) is 10.6. The minimum absolute atomic E-state index is 0.258. The molecule has 1 aromatic heterocycles. The number of benzene rings is 3. The van der Waals surface area contributed by atoms with Crippen LogP contribution in [-0.2, 0) is 4.79 Å². The normalized spacial score (nSPS) is 14.0. The average molecular weight is 429 g/mol. The van der Waals surface area contributed by atoms with Crippen LogP contribution in [0.1, 0.15) is 47.1 Å². The van der Waals surface area contributed by atoms with Gasteiger partial charge in [-0.1, -0.05) is 30.3 Å². The second kappa shape index (κ2) is 8.08. The zero-order valence-corrected chi connectivity index (χ0v) is 17.2. The monoisotopic (exact) mass is 429 g/mol. The van der Waals surface area contributed by atoms with E-state index in [2.05, 4.69) is 10.8 Å². The van der Waals surface area contributed by atoms with Crippen molar-refractivity contribution in [2.24, 2.45) is 0 Å². The van der Waals surface area contributed by atoms with Crippen molar-refractivity contribution in [3.8, 4) is 0 Å². The molecule has 32 heavy (non-hydrogen) atoms. The van der Waals surface area contributed by atoms with Gasteiger partial charge in [0.25, 0.3) is 0 Å². The molecule has 0 spiro atoms. The highest BCUT2D eigenvalue weighted by atomic mass is 19.1. The Hall–Kier alpha value is -3.73. The van der Waals surface area contributed by atoms with Crippen molar-refractivity contribution in [1.82, 2.24) is 4.57 Å². The molecule has 0 unspecified atom stereocenters. The van der Waals surface area contributed by atoms with Gasteiger partial charge in [-0.2, -0.15) is 0 Å².